The van der Waals surface area contributed by atoms with Crippen LogP contribution in [0.3, 0.4) is 0 Å². The molecule has 0 radical (unpaired) electrons. The van der Waals surface area contributed by atoms with E-state index in [1.807, 2.05) is 0 Å². The number of benzene rings is 1. The van der Waals surface area contributed by atoms with E-state index in [0.29, 0.717) is 16.6 Å². The maximum absolute atomic E-state index is 13.2. The summed E-state index contributed by atoms with van der Waals surface area (Å²) in [5, 5.41) is 0.263. The zero-order valence-corrected chi connectivity index (χ0v) is 11.8. The lowest BCUT2D eigenvalue weighted by Crippen LogP contribution is -2.06. The fourth-order valence-corrected chi connectivity index (χ4v) is 2.27. The third kappa shape index (κ3) is 2.56. The highest BCUT2D eigenvalue weighted by molar-refractivity contribution is 6.34. The Balaban J connectivity index is 2.15. The average molecular weight is 306 g/mol. The van der Waals surface area contributed by atoms with Crippen LogP contribution in [0.15, 0.2) is 42.9 Å². The molecule has 0 bridgehead atoms. The van der Waals surface area contributed by atoms with Crippen molar-refractivity contribution in [3.63, 3.8) is 0 Å². The minimum Gasteiger partial charge on any atom is -0.252 e. The minimum absolute atomic E-state index is 0.0384. The molecule has 0 fully saturated rings. The van der Waals surface area contributed by atoms with E-state index in [9.17, 15) is 8.78 Å². The van der Waals surface area contributed by atoms with Gasteiger partial charge in [-0.2, -0.15) is 0 Å². The van der Waals surface area contributed by atoms with Crippen LogP contribution in [-0.2, 0) is 5.92 Å². The first-order chi connectivity index (χ1) is 9.97. The number of alkyl halides is 2. The number of rotatable bonds is 2. The summed E-state index contributed by atoms with van der Waals surface area (Å²) < 4.78 is 26.5. The van der Waals surface area contributed by atoms with Crippen molar-refractivity contribution in [3.05, 3.63) is 53.6 Å². The Morgan fingerprint density at radius 2 is 1.57 bits per heavy atom. The third-order valence-corrected chi connectivity index (χ3v) is 3.44. The lowest BCUT2D eigenvalue weighted by molar-refractivity contribution is 0.0175. The highest BCUT2D eigenvalue weighted by atomic mass is 35.5. The maximum Gasteiger partial charge on any atom is 0.270 e. The Labute approximate surface area is 124 Å². The molecule has 6 heteroatoms. The molecule has 3 rings (SSSR count). The molecule has 3 nitrogen and oxygen atoms in total. The van der Waals surface area contributed by atoms with Gasteiger partial charge in [-0.3, -0.25) is 4.98 Å². The van der Waals surface area contributed by atoms with Crippen LogP contribution in [0.2, 0.25) is 5.15 Å². The van der Waals surface area contributed by atoms with Crippen LogP contribution in [0.25, 0.3) is 22.2 Å². The molecule has 0 atom stereocenters. The topological polar surface area (TPSA) is 38.7 Å². The van der Waals surface area contributed by atoms with Crippen LogP contribution in [0.1, 0.15) is 12.5 Å². The number of aromatic nitrogens is 3. The van der Waals surface area contributed by atoms with Crippen molar-refractivity contribution < 1.29 is 8.78 Å². The second kappa shape index (κ2) is 5.00. The Kier molecular flexibility index (Phi) is 3.29. The van der Waals surface area contributed by atoms with Gasteiger partial charge in [-0.15, -0.1) is 0 Å². The van der Waals surface area contributed by atoms with Crippen molar-refractivity contribution in [2.75, 3.05) is 0 Å². The van der Waals surface area contributed by atoms with Gasteiger partial charge in [0.25, 0.3) is 5.92 Å². The van der Waals surface area contributed by atoms with Gasteiger partial charge in [0.15, 0.2) is 5.15 Å². The SMILES string of the molecule is CC(F)(F)c1ccc(-c2cnc(Cl)c3nccnc23)cc1. The zero-order chi connectivity index (χ0) is 15.0. The van der Waals surface area contributed by atoms with Crippen LogP contribution < -0.4 is 0 Å². The molecule has 0 amide bonds. The van der Waals surface area contributed by atoms with Crippen LogP contribution in [-0.4, -0.2) is 15.0 Å². The standard InChI is InChI=1S/C15H10ClF2N3/c1-15(17,18)10-4-2-9(3-5-10)11-8-21-14(16)13-12(11)19-6-7-20-13/h2-8H,1H3. The van der Waals surface area contributed by atoms with Crippen LogP contribution in [0, 0.1) is 0 Å². The van der Waals surface area contributed by atoms with Crippen LogP contribution in [0.5, 0.6) is 0 Å². The molecule has 0 N–H and O–H groups in total. The van der Waals surface area contributed by atoms with Crippen molar-refractivity contribution >= 4 is 22.6 Å². The number of nitrogens with zero attached hydrogens (tertiary/aromatic N) is 3. The van der Waals surface area contributed by atoms with Crippen molar-refractivity contribution in [3.8, 4) is 11.1 Å². The molecule has 21 heavy (non-hydrogen) atoms. The summed E-state index contributed by atoms with van der Waals surface area (Å²) in [7, 11) is 0. The van der Waals surface area contributed by atoms with Gasteiger partial charge in [0.05, 0.1) is 0 Å². The summed E-state index contributed by atoms with van der Waals surface area (Å²) in [6.45, 7) is 0.868. The number of hydrogen-bond acceptors (Lipinski definition) is 3. The van der Waals surface area contributed by atoms with Gasteiger partial charge in [-0.1, -0.05) is 35.9 Å². The summed E-state index contributed by atoms with van der Waals surface area (Å²) in [6.07, 6.45) is 4.65. The first kappa shape index (κ1) is 13.8. The summed E-state index contributed by atoms with van der Waals surface area (Å²) in [5.41, 5.74) is 2.48. The highest BCUT2D eigenvalue weighted by Crippen LogP contribution is 2.32. The summed E-state index contributed by atoms with van der Waals surface area (Å²) in [4.78, 5) is 12.5. The zero-order valence-electron chi connectivity index (χ0n) is 11.0. The van der Waals surface area contributed by atoms with E-state index in [1.165, 1.54) is 18.3 Å². The molecule has 0 saturated heterocycles. The molecule has 2 aromatic heterocycles. The fourth-order valence-electron chi connectivity index (χ4n) is 2.08. The Morgan fingerprint density at radius 1 is 0.952 bits per heavy atom. The van der Waals surface area contributed by atoms with E-state index in [-0.39, 0.29) is 10.7 Å². The Morgan fingerprint density at radius 3 is 2.19 bits per heavy atom. The highest BCUT2D eigenvalue weighted by Gasteiger charge is 2.23. The molecule has 3 aromatic rings. The van der Waals surface area contributed by atoms with E-state index in [2.05, 4.69) is 15.0 Å². The normalized spacial score (nSPS) is 11.8. The Hall–Kier alpha value is -2.14. The second-order valence-electron chi connectivity index (χ2n) is 4.68. The second-order valence-corrected chi connectivity index (χ2v) is 5.04. The quantitative estimate of drug-likeness (QED) is 0.656. The molecule has 0 saturated carbocycles. The molecule has 0 spiro atoms. The molecule has 0 unspecified atom stereocenters. The van der Waals surface area contributed by atoms with Crippen molar-refractivity contribution in [1.82, 2.24) is 15.0 Å². The monoisotopic (exact) mass is 305 g/mol. The molecule has 106 valence electrons. The molecular weight excluding hydrogens is 296 g/mol. The fraction of sp³-hybridized carbons (Fsp3) is 0.133. The summed E-state index contributed by atoms with van der Waals surface area (Å²) >= 11 is 5.99. The first-order valence-electron chi connectivity index (χ1n) is 6.21. The van der Waals surface area contributed by atoms with Gasteiger partial charge in [0.2, 0.25) is 0 Å². The summed E-state index contributed by atoms with van der Waals surface area (Å²) in [6, 6.07) is 6.02. The molecular formula is C15H10ClF2N3. The number of pyridine rings is 1. The number of halogens is 3. The Bertz CT molecular complexity index is 798. The predicted octanol–water partition coefficient (Wildman–Crippen LogP) is 4.46. The van der Waals surface area contributed by atoms with Gasteiger partial charge in [0, 0.05) is 36.6 Å². The van der Waals surface area contributed by atoms with E-state index >= 15 is 0 Å². The van der Waals surface area contributed by atoms with Gasteiger partial charge in [0.1, 0.15) is 11.0 Å². The number of hydrogen-bond donors (Lipinski definition) is 0. The molecule has 0 aliphatic carbocycles. The maximum atomic E-state index is 13.2. The van der Waals surface area contributed by atoms with Gasteiger partial charge < -0.3 is 0 Å². The average Bonchev–Trinajstić information content (AvgIpc) is 2.47. The van der Waals surface area contributed by atoms with Crippen molar-refractivity contribution in [2.24, 2.45) is 0 Å². The summed E-state index contributed by atoms with van der Waals surface area (Å²) in [5.74, 6) is -2.86. The first-order valence-corrected chi connectivity index (χ1v) is 6.58. The van der Waals surface area contributed by atoms with E-state index in [1.54, 1.807) is 24.5 Å². The van der Waals surface area contributed by atoms with Gasteiger partial charge in [-0.25, -0.2) is 18.7 Å². The predicted molar refractivity (Wildman–Crippen MR) is 77.3 cm³/mol. The largest absolute Gasteiger partial charge is 0.270 e. The lowest BCUT2D eigenvalue weighted by atomic mass is 10.0. The smallest absolute Gasteiger partial charge is 0.252 e. The number of fused-ring (bicyclic) bond motifs is 1. The molecule has 0 aliphatic rings. The molecule has 0 aliphatic heterocycles. The van der Waals surface area contributed by atoms with Gasteiger partial charge >= 0.3 is 0 Å². The van der Waals surface area contributed by atoms with Crippen LogP contribution in [0.4, 0.5) is 8.78 Å². The van der Waals surface area contributed by atoms with Gasteiger partial charge in [-0.05, 0) is 5.56 Å². The minimum atomic E-state index is -2.86. The van der Waals surface area contributed by atoms with E-state index in [4.69, 9.17) is 11.6 Å². The third-order valence-electron chi connectivity index (χ3n) is 3.16. The van der Waals surface area contributed by atoms with Crippen molar-refractivity contribution in [2.45, 2.75) is 12.8 Å². The van der Waals surface area contributed by atoms with Crippen LogP contribution >= 0.6 is 11.6 Å². The molecule has 1 aromatic carbocycles. The van der Waals surface area contributed by atoms with E-state index in [0.717, 1.165) is 12.5 Å². The lowest BCUT2D eigenvalue weighted by Gasteiger charge is -2.11. The van der Waals surface area contributed by atoms with Crippen molar-refractivity contribution in [1.29, 1.82) is 0 Å². The molecule has 2 heterocycles. The van der Waals surface area contributed by atoms with E-state index < -0.39 is 5.92 Å².